The van der Waals surface area contributed by atoms with E-state index in [0.29, 0.717) is 16.4 Å². The number of benzene rings is 2. The number of hydrogen-bond acceptors (Lipinski definition) is 3. The molecule has 0 amide bonds. The first kappa shape index (κ1) is 17.9. The highest BCUT2D eigenvalue weighted by molar-refractivity contribution is 7.80. The van der Waals surface area contributed by atoms with Gasteiger partial charge in [0, 0.05) is 5.70 Å². The summed E-state index contributed by atoms with van der Waals surface area (Å²) in [5, 5.41) is 6.61. The normalized spacial score (nSPS) is 17.0. The predicted molar refractivity (Wildman–Crippen MR) is 107 cm³/mol. The summed E-state index contributed by atoms with van der Waals surface area (Å²) in [6.45, 7) is 2.06. The highest BCUT2D eigenvalue weighted by atomic mass is 32.1. The summed E-state index contributed by atoms with van der Waals surface area (Å²) < 4.78 is 5.50. The van der Waals surface area contributed by atoms with Gasteiger partial charge >= 0.3 is 5.97 Å². The molecule has 2 N–H and O–H groups in total. The molecule has 0 saturated heterocycles. The Bertz CT molecular complexity index is 845. The molecule has 1 aliphatic rings. The van der Waals surface area contributed by atoms with Crippen molar-refractivity contribution in [2.24, 2.45) is 0 Å². The third-order valence-electron chi connectivity index (χ3n) is 4.02. The number of esters is 1. The summed E-state index contributed by atoms with van der Waals surface area (Å²) in [6, 6.07) is 19.2. The van der Waals surface area contributed by atoms with Gasteiger partial charge in [-0.15, -0.1) is 0 Å². The SMILES string of the molecule is CC1=C(C(=O)OCc2ccccc2)C(C=Cc2ccccc2)NC(=S)N1. The number of nitrogens with one attached hydrogen (secondary N) is 2. The molecule has 1 atom stereocenters. The third kappa shape index (κ3) is 4.58. The van der Waals surface area contributed by atoms with Crippen LogP contribution in [-0.4, -0.2) is 17.1 Å². The van der Waals surface area contributed by atoms with Crippen LogP contribution in [0.1, 0.15) is 18.1 Å². The molecule has 26 heavy (non-hydrogen) atoms. The molecule has 1 heterocycles. The lowest BCUT2D eigenvalue weighted by molar-refractivity contribution is -0.140. The Kier molecular flexibility index (Phi) is 5.81. The molecule has 0 bridgehead atoms. The number of rotatable bonds is 5. The number of hydrogen-bond donors (Lipinski definition) is 2. The van der Waals surface area contributed by atoms with E-state index in [9.17, 15) is 4.79 Å². The Balaban J connectivity index is 1.76. The van der Waals surface area contributed by atoms with Crippen molar-refractivity contribution >= 4 is 29.4 Å². The summed E-state index contributed by atoms with van der Waals surface area (Å²) in [7, 11) is 0. The monoisotopic (exact) mass is 364 g/mol. The Morgan fingerprint density at radius 2 is 1.77 bits per heavy atom. The van der Waals surface area contributed by atoms with Crippen LogP contribution in [0.15, 0.2) is 78.0 Å². The van der Waals surface area contributed by atoms with Crippen molar-refractivity contribution in [2.75, 3.05) is 0 Å². The molecule has 4 nitrogen and oxygen atoms in total. The Morgan fingerprint density at radius 3 is 2.46 bits per heavy atom. The molecule has 0 fully saturated rings. The second-order valence-corrected chi connectivity index (χ2v) is 6.35. The molecular formula is C21H20N2O2S. The van der Waals surface area contributed by atoms with Crippen LogP contribution in [0.25, 0.3) is 6.08 Å². The molecule has 0 saturated carbocycles. The summed E-state index contributed by atoms with van der Waals surface area (Å²) >= 11 is 5.23. The first-order valence-electron chi connectivity index (χ1n) is 8.36. The first-order chi connectivity index (χ1) is 12.6. The van der Waals surface area contributed by atoms with Crippen LogP contribution >= 0.6 is 12.2 Å². The van der Waals surface area contributed by atoms with Gasteiger partial charge in [0.25, 0.3) is 0 Å². The van der Waals surface area contributed by atoms with E-state index in [2.05, 4.69) is 10.6 Å². The number of thiocarbonyl (C=S) groups is 1. The lowest BCUT2D eigenvalue weighted by Gasteiger charge is -2.27. The Hall–Kier alpha value is -2.92. The zero-order valence-corrected chi connectivity index (χ0v) is 15.3. The van der Waals surface area contributed by atoms with Crippen LogP contribution in [0, 0.1) is 0 Å². The minimum absolute atomic E-state index is 0.232. The quantitative estimate of drug-likeness (QED) is 0.628. The van der Waals surface area contributed by atoms with E-state index in [0.717, 1.165) is 11.1 Å². The maximum Gasteiger partial charge on any atom is 0.338 e. The van der Waals surface area contributed by atoms with Gasteiger partial charge in [0.15, 0.2) is 5.11 Å². The van der Waals surface area contributed by atoms with Crippen molar-refractivity contribution in [3.05, 3.63) is 89.1 Å². The van der Waals surface area contributed by atoms with Crippen molar-refractivity contribution in [3.8, 4) is 0 Å². The zero-order chi connectivity index (χ0) is 18.4. The van der Waals surface area contributed by atoms with E-state index >= 15 is 0 Å². The number of carbonyl (C=O) groups excluding carboxylic acids is 1. The molecule has 0 aliphatic carbocycles. The largest absolute Gasteiger partial charge is 0.457 e. The minimum Gasteiger partial charge on any atom is -0.457 e. The average Bonchev–Trinajstić information content (AvgIpc) is 2.66. The summed E-state index contributed by atoms with van der Waals surface area (Å²) in [5.74, 6) is -0.364. The zero-order valence-electron chi connectivity index (χ0n) is 14.4. The minimum atomic E-state index is -0.364. The second-order valence-electron chi connectivity index (χ2n) is 5.95. The molecule has 0 spiro atoms. The maximum absolute atomic E-state index is 12.7. The van der Waals surface area contributed by atoms with Gasteiger partial charge in [-0.1, -0.05) is 72.8 Å². The number of carbonyl (C=O) groups is 1. The van der Waals surface area contributed by atoms with Crippen LogP contribution in [0.3, 0.4) is 0 Å². The Labute approximate surface area is 158 Å². The molecule has 5 heteroatoms. The van der Waals surface area contributed by atoms with Crippen molar-refractivity contribution in [1.82, 2.24) is 10.6 Å². The molecule has 1 unspecified atom stereocenters. The van der Waals surface area contributed by atoms with E-state index in [1.54, 1.807) is 0 Å². The van der Waals surface area contributed by atoms with Gasteiger partial charge in [0.2, 0.25) is 0 Å². The van der Waals surface area contributed by atoms with Gasteiger partial charge in [0.1, 0.15) is 6.61 Å². The number of allylic oxidation sites excluding steroid dienone is 1. The number of ether oxygens (including phenoxy) is 1. The summed E-state index contributed by atoms with van der Waals surface area (Å²) in [4.78, 5) is 12.7. The van der Waals surface area contributed by atoms with Gasteiger partial charge < -0.3 is 15.4 Å². The Morgan fingerprint density at radius 1 is 1.12 bits per heavy atom. The van der Waals surface area contributed by atoms with Crippen LogP contribution in [0.2, 0.25) is 0 Å². The summed E-state index contributed by atoms with van der Waals surface area (Å²) in [5.41, 5.74) is 3.23. The van der Waals surface area contributed by atoms with E-state index in [4.69, 9.17) is 17.0 Å². The van der Waals surface area contributed by atoms with Gasteiger partial charge in [-0.3, -0.25) is 0 Å². The van der Waals surface area contributed by atoms with Gasteiger partial charge in [-0.05, 0) is 30.3 Å². The predicted octanol–water partition coefficient (Wildman–Crippen LogP) is 3.56. The van der Waals surface area contributed by atoms with Gasteiger partial charge in [-0.25, -0.2) is 4.79 Å². The van der Waals surface area contributed by atoms with Gasteiger partial charge in [0.05, 0.1) is 11.6 Å². The molecule has 3 rings (SSSR count). The molecule has 1 aliphatic heterocycles. The van der Waals surface area contributed by atoms with Crippen molar-refractivity contribution in [1.29, 1.82) is 0 Å². The molecule has 132 valence electrons. The van der Waals surface area contributed by atoms with Gasteiger partial charge in [-0.2, -0.15) is 0 Å². The van der Waals surface area contributed by atoms with E-state index in [1.165, 1.54) is 0 Å². The summed E-state index contributed by atoms with van der Waals surface area (Å²) in [6.07, 6.45) is 3.88. The highest BCUT2D eigenvalue weighted by Gasteiger charge is 2.27. The van der Waals surface area contributed by atoms with Crippen molar-refractivity contribution in [3.63, 3.8) is 0 Å². The second kappa shape index (κ2) is 8.45. The fourth-order valence-electron chi connectivity index (χ4n) is 2.72. The highest BCUT2D eigenvalue weighted by Crippen LogP contribution is 2.17. The van der Waals surface area contributed by atoms with Crippen molar-refractivity contribution < 1.29 is 9.53 Å². The third-order valence-corrected chi connectivity index (χ3v) is 4.24. The topological polar surface area (TPSA) is 50.4 Å². The molecule has 2 aromatic carbocycles. The molecule has 0 aromatic heterocycles. The van der Waals surface area contributed by atoms with E-state index in [-0.39, 0.29) is 18.6 Å². The van der Waals surface area contributed by atoms with Crippen LogP contribution in [0.4, 0.5) is 0 Å². The molecular weight excluding hydrogens is 344 g/mol. The first-order valence-corrected chi connectivity index (χ1v) is 8.77. The van der Waals surface area contributed by atoms with E-state index in [1.807, 2.05) is 79.7 Å². The van der Waals surface area contributed by atoms with Crippen molar-refractivity contribution in [2.45, 2.75) is 19.6 Å². The van der Waals surface area contributed by atoms with Crippen LogP contribution in [-0.2, 0) is 16.1 Å². The van der Waals surface area contributed by atoms with Crippen LogP contribution < -0.4 is 10.6 Å². The van der Waals surface area contributed by atoms with E-state index < -0.39 is 0 Å². The molecule has 2 aromatic rings. The molecule has 0 radical (unpaired) electrons. The lowest BCUT2D eigenvalue weighted by atomic mass is 10.0. The standard InChI is InChI=1S/C21H20N2O2S/c1-15-19(20(24)25-14-17-10-6-3-7-11-17)18(23-21(26)22-15)13-12-16-8-4-2-5-9-16/h2-13,18H,14H2,1H3,(H2,22,23,26). The lowest BCUT2D eigenvalue weighted by Crippen LogP contribution is -2.48. The van der Waals surface area contributed by atoms with Crippen LogP contribution in [0.5, 0.6) is 0 Å². The fourth-order valence-corrected chi connectivity index (χ4v) is 3.00. The average molecular weight is 364 g/mol. The fraction of sp³-hybridized carbons (Fsp3) is 0.143. The smallest absolute Gasteiger partial charge is 0.338 e. The maximum atomic E-state index is 12.7.